The molecule has 20 heavy (non-hydrogen) atoms. The molecule has 1 atom stereocenters. The summed E-state index contributed by atoms with van der Waals surface area (Å²) in [6.45, 7) is 2.81. The molecule has 0 aromatic heterocycles. The first-order chi connectivity index (χ1) is 9.67. The number of carboxylic acid groups (broad SMARTS) is 1. The number of nitrogens with zero attached hydrogens (tertiary/aromatic N) is 3. The molecule has 0 heterocycles. The van der Waals surface area contributed by atoms with Crippen molar-refractivity contribution in [2.45, 2.75) is 31.7 Å². The van der Waals surface area contributed by atoms with Crippen molar-refractivity contribution in [2.75, 3.05) is 13.1 Å². The van der Waals surface area contributed by atoms with Crippen LogP contribution in [0.1, 0.15) is 31.7 Å². The van der Waals surface area contributed by atoms with Gasteiger partial charge in [-0.2, -0.15) is 0 Å². The number of carboxylic acids is 1. The molecular formula is C14H20N4O2. The number of rotatable bonds is 9. The molecule has 0 saturated carbocycles. The van der Waals surface area contributed by atoms with Crippen LogP contribution in [0.3, 0.4) is 0 Å². The molecule has 1 rings (SSSR count). The third kappa shape index (κ3) is 3.98. The van der Waals surface area contributed by atoms with Crippen LogP contribution in [-0.4, -0.2) is 24.2 Å². The Balaban J connectivity index is 2.88. The van der Waals surface area contributed by atoms with Gasteiger partial charge in [0.25, 0.3) is 0 Å². The summed E-state index contributed by atoms with van der Waals surface area (Å²) in [7, 11) is 0. The Morgan fingerprint density at radius 1 is 1.45 bits per heavy atom. The largest absolute Gasteiger partial charge is 0.480 e. The zero-order chi connectivity index (χ0) is 14.8. The predicted molar refractivity (Wildman–Crippen MR) is 77.3 cm³/mol. The monoisotopic (exact) mass is 276 g/mol. The van der Waals surface area contributed by atoms with Crippen molar-refractivity contribution in [3.05, 3.63) is 46.3 Å². The number of benzene rings is 1. The molecule has 2 N–H and O–H groups in total. The number of hydrogen-bond donors (Lipinski definition) is 2. The number of carbonyl (C=O) groups is 1. The first kappa shape index (κ1) is 16.0. The van der Waals surface area contributed by atoms with Gasteiger partial charge in [-0.25, -0.2) is 4.79 Å². The van der Waals surface area contributed by atoms with Crippen LogP contribution in [0.5, 0.6) is 0 Å². The molecule has 6 nitrogen and oxygen atoms in total. The summed E-state index contributed by atoms with van der Waals surface area (Å²) in [5, 5.41) is 16.2. The summed E-state index contributed by atoms with van der Waals surface area (Å²) < 4.78 is 0. The molecule has 0 bridgehead atoms. The predicted octanol–water partition coefficient (Wildman–Crippen LogP) is 3.06. The summed E-state index contributed by atoms with van der Waals surface area (Å²) in [5.41, 5.74) is 7.89. The Labute approximate surface area is 118 Å². The van der Waals surface area contributed by atoms with Gasteiger partial charge in [-0.15, -0.1) is 0 Å². The van der Waals surface area contributed by atoms with Crippen LogP contribution in [-0.2, 0) is 10.3 Å². The summed E-state index contributed by atoms with van der Waals surface area (Å²) in [6.07, 6.45) is 1.87. The Kier molecular flexibility index (Phi) is 6.56. The van der Waals surface area contributed by atoms with Gasteiger partial charge in [0.1, 0.15) is 5.54 Å². The van der Waals surface area contributed by atoms with Crippen molar-refractivity contribution < 1.29 is 9.90 Å². The standard InChI is InChI=1S/C14H20N4O2/c1-2-9-14(13(19)20,12-7-4-3-5-8-12)16-10-6-11-17-18-15/h3-5,7-8,16H,2,6,9-11H2,1H3,(H,19,20). The number of nitrogens with one attached hydrogen (secondary N) is 1. The zero-order valence-corrected chi connectivity index (χ0v) is 11.6. The molecule has 0 radical (unpaired) electrons. The molecule has 0 aliphatic carbocycles. The molecule has 0 amide bonds. The van der Waals surface area contributed by atoms with E-state index in [1.807, 2.05) is 37.3 Å². The normalized spacial score (nSPS) is 13.2. The molecule has 0 aliphatic heterocycles. The van der Waals surface area contributed by atoms with Crippen molar-refractivity contribution in [2.24, 2.45) is 5.11 Å². The van der Waals surface area contributed by atoms with Crippen LogP contribution in [0.4, 0.5) is 0 Å². The lowest BCUT2D eigenvalue weighted by atomic mass is 9.85. The van der Waals surface area contributed by atoms with Crippen LogP contribution in [0.15, 0.2) is 35.4 Å². The highest BCUT2D eigenvalue weighted by Gasteiger charge is 2.38. The van der Waals surface area contributed by atoms with E-state index in [0.29, 0.717) is 25.9 Å². The Hall–Kier alpha value is -2.04. The van der Waals surface area contributed by atoms with E-state index in [0.717, 1.165) is 12.0 Å². The molecule has 6 heteroatoms. The van der Waals surface area contributed by atoms with Gasteiger partial charge in [0.2, 0.25) is 0 Å². The van der Waals surface area contributed by atoms with E-state index in [1.165, 1.54) is 0 Å². The fourth-order valence-corrected chi connectivity index (χ4v) is 2.23. The van der Waals surface area contributed by atoms with Gasteiger partial charge in [0.05, 0.1) is 0 Å². The lowest BCUT2D eigenvalue weighted by molar-refractivity contribution is -0.145. The highest BCUT2D eigenvalue weighted by molar-refractivity contribution is 5.80. The first-order valence-corrected chi connectivity index (χ1v) is 6.72. The second kappa shape index (κ2) is 8.19. The van der Waals surface area contributed by atoms with E-state index >= 15 is 0 Å². The average Bonchev–Trinajstić information content (AvgIpc) is 2.46. The molecule has 1 aromatic rings. The molecule has 0 spiro atoms. The fraction of sp³-hybridized carbons (Fsp3) is 0.500. The summed E-state index contributed by atoms with van der Waals surface area (Å²) >= 11 is 0. The van der Waals surface area contributed by atoms with Gasteiger partial charge >= 0.3 is 5.97 Å². The van der Waals surface area contributed by atoms with Crippen LogP contribution < -0.4 is 5.32 Å². The van der Waals surface area contributed by atoms with E-state index in [9.17, 15) is 9.90 Å². The second-order valence-corrected chi connectivity index (χ2v) is 4.56. The quantitative estimate of drug-likeness (QED) is 0.314. The minimum Gasteiger partial charge on any atom is -0.480 e. The Morgan fingerprint density at radius 2 is 2.15 bits per heavy atom. The van der Waals surface area contributed by atoms with Crippen LogP contribution >= 0.6 is 0 Å². The highest BCUT2D eigenvalue weighted by Crippen LogP contribution is 2.27. The number of hydrogen-bond acceptors (Lipinski definition) is 3. The van der Waals surface area contributed by atoms with Crippen molar-refractivity contribution in [1.82, 2.24) is 5.32 Å². The van der Waals surface area contributed by atoms with Gasteiger partial charge in [0, 0.05) is 11.5 Å². The van der Waals surface area contributed by atoms with E-state index in [4.69, 9.17) is 5.53 Å². The summed E-state index contributed by atoms with van der Waals surface area (Å²) in [4.78, 5) is 14.5. The van der Waals surface area contributed by atoms with E-state index in [1.54, 1.807) is 0 Å². The van der Waals surface area contributed by atoms with Gasteiger partial charge in [-0.05, 0) is 30.5 Å². The molecule has 0 saturated heterocycles. The highest BCUT2D eigenvalue weighted by atomic mass is 16.4. The molecule has 0 aliphatic rings. The Morgan fingerprint density at radius 3 is 2.70 bits per heavy atom. The number of aliphatic carboxylic acids is 1. The molecule has 108 valence electrons. The maximum absolute atomic E-state index is 11.8. The lowest BCUT2D eigenvalue weighted by Gasteiger charge is -2.31. The molecular weight excluding hydrogens is 256 g/mol. The van der Waals surface area contributed by atoms with E-state index < -0.39 is 11.5 Å². The van der Waals surface area contributed by atoms with Gasteiger partial charge in [-0.3, -0.25) is 5.32 Å². The van der Waals surface area contributed by atoms with Gasteiger partial charge in [-0.1, -0.05) is 48.8 Å². The van der Waals surface area contributed by atoms with Crippen molar-refractivity contribution in [3.8, 4) is 0 Å². The maximum atomic E-state index is 11.8. The number of azide groups is 1. The Bertz CT molecular complexity index is 471. The second-order valence-electron chi connectivity index (χ2n) is 4.56. The lowest BCUT2D eigenvalue weighted by Crippen LogP contribution is -2.49. The topological polar surface area (TPSA) is 98.1 Å². The SMILES string of the molecule is CCCC(NCCCN=[N+]=[N-])(C(=O)O)c1ccccc1. The van der Waals surface area contributed by atoms with Crippen LogP contribution in [0.2, 0.25) is 0 Å². The van der Waals surface area contributed by atoms with Gasteiger partial charge < -0.3 is 5.11 Å². The minimum absolute atomic E-state index is 0.361. The third-order valence-electron chi connectivity index (χ3n) is 3.18. The van der Waals surface area contributed by atoms with Crippen molar-refractivity contribution >= 4 is 5.97 Å². The smallest absolute Gasteiger partial charge is 0.328 e. The minimum atomic E-state index is -1.08. The van der Waals surface area contributed by atoms with Crippen molar-refractivity contribution in [3.63, 3.8) is 0 Å². The van der Waals surface area contributed by atoms with E-state index in [-0.39, 0.29) is 0 Å². The van der Waals surface area contributed by atoms with Crippen LogP contribution in [0, 0.1) is 0 Å². The zero-order valence-electron chi connectivity index (χ0n) is 11.6. The first-order valence-electron chi connectivity index (χ1n) is 6.72. The average molecular weight is 276 g/mol. The van der Waals surface area contributed by atoms with E-state index in [2.05, 4.69) is 15.3 Å². The third-order valence-corrected chi connectivity index (χ3v) is 3.18. The molecule has 1 unspecified atom stereocenters. The summed E-state index contributed by atoms with van der Waals surface area (Å²) in [6, 6.07) is 9.19. The fourth-order valence-electron chi connectivity index (χ4n) is 2.23. The van der Waals surface area contributed by atoms with Crippen molar-refractivity contribution in [1.29, 1.82) is 0 Å². The van der Waals surface area contributed by atoms with Crippen LogP contribution in [0.25, 0.3) is 10.4 Å². The molecule has 0 fully saturated rings. The molecule has 1 aromatic carbocycles. The summed E-state index contributed by atoms with van der Waals surface area (Å²) in [5.74, 6) is -0.880. The van der Waals surface area contributed by atoms with Gasteiger partial charge in [0.15, 0.2) is 0 Å². The maximum Gasteiger partial charge on any atom is 0.328 e.